The molecule has 0 spiro atoms. The van der Waals surface area contributed by atoms with Gasteiger partial charge in [-0.25, -0.2) is 4.79 Å². The molecule has 86 valence electrons. The standard InChI is InChI=1S/C13H22O2/c1-11(13(14)15)7-6-10-12-8-4-2-3-5-9-12/h12H,1-10H2,(H,14,15). The molecule has 0 aliphatic heterocycles. The molecular formula is C13H22O2. The van der Waals surface area contributed by atoms with E-state index < -0.39 is 5.97 Å². The Morgan fingerprint density at radius 1 is 1.20 bits per heavy atom. The quantitative estimate of drug-likeness (QED) is 0.554. The predicted molar refractivity (Wildman–Crippen MR) is 61.8 cm³/mol. The lowest BCUT2D eigenvalue weighted by atomic mass is 9.93. The third-order valence-corrected chi connectivity index (χ3v) is 3.37. The Labute approximate surface area is 92.4 Å². The van der Waals surface area contributed by atoms with Crippen LogP contribution in [-0.2, 0) is 4.79 Å². The van der Waals surface area contributed by atoms with Crippen LogP contribution < -0.4 is 0 Å². The molecular weight excluding hydrogens is 188 g/mol. The minimum Gasteiger partial charge on any atom is -0.478 e. The summed E-state index contributed by atoms with van der Waals surface area (Å²) in [5.41, 5.74) is 0.364. The Kier molecular flexibility index (Phi) is 5.44. The van der Waals surface area contributed by atoms with Crippen molar-refractivity contribution in [2.75, 3.05) is 0 Å². The molecule has 0 aromatic heterocycles. The molecule has 1 rings (SSSR count). The molecule has 1 saturated carbocycles. The van der Waals surface area contributed by atoms with Crippen LogP contribution in [0.15, 0.2) is 12.2 Å². The van der Waals surface area contributed by atoms with Crippen molar-refractivity contribution in [1.82, 2.24) is 0 Å². The SMILES string of the molecule is C=C(CCCC1CCCCCC1)C(=O)O. The summed E-state index contributed by atoms with van der Waals surface area (Å²) < 4.78 is 0. The maximum absolute atomic E-state index is 10.5. The zero-order valence-electron chi connectivity index (χ0n) is 9.50. The first kappa shape index (κ1) is 12.3. The third kappa shape index (κ3) is 5.01. The van der Waals surface area contributed by atoms with Crippen LogP contribution in [0.25, 0.3) is 0 Å². The van der Waals surface area contributed by atoms with Gasteiger partial charge in [0.05, 0.1) is 0 Å². The summed E-state index contributed by atoms with van der Waals surface area (Å²) in [6, 6.07) is 0. The third-order valence-electron chi connectivity index (χ3n) is 3.37. The number of rotatable bonds is 5. The zero-order chi connectivity index (χ0) is 11.1. The maximum Gasteiger partial charge on any atom is 0.330 e. The Bertz CT molecular complexity index is 213. The van der Waals surface area contributed by atoms with Gasteiger partial charge < -0.3 is 5.11 Å². The van der Waals surface area contributed by atoms with Crippen molar-refractivity contribution in [3.05, 3.63) is 12.2 Å². The molecule has 0 unspecified atom stereocenters. The number of carbonyl (C=O) groups is 1. The van der Waals surface area contributed by atoms with Gasteiger partial charge in [0, 0.05) is 5.57 Å². The summed E-state index contributed by atoms with van der Waals surface area (Å²) in [7, 11) is 0. The summed E-state index contributed by atoms with van der Waals surface area (Å²) >= 11 is 0. The van der Waals surface area contributed by atoms with Gasteiger partial charge in [0.1, 0.15) is 0 Å². The van der Waals surface area contributed by atoms with Crippen LogP contribution in [0.1, 0.15) is 57.8 Å². The fraction of sp³-hybridized carbons (Fsp3) is 0.769. The summed E-state index contributed by atoms with van der Waals surface area (Å²) in [5, 5.41) is 8.66. The zero-order valence-corrected chi connectivity index (χ0v) is 9.50. The molecule has 0 atom stereocenters. The fourth-order valence-electron chi connectivity index (χ4n) is 2.36. The Hall–Kier alpha value is -0.790. The van der Waals surface area contributed by atoms with E-state index >= 15 is 0 Å². The molecule has 0 amide bonds. The summed E-state index contributed by atoms with van der Waals surface area (Å²) in [5.74, 6) is 0.00459. The van der Waals surface area contributed by atoms with Gasteiger partial charge in [-0.1, -0.05) is 51.5 Å². The van der Waals surface area contributed by atoms with E-state index in [0.717, 1.165) is 12.3 Å². The molecule has 2 nitrogen and oxygen atoms in total. The minimum atomic E-state index is -0.837. The van der Waals surface area contributed by atoms with Gasteiger partial charge in [0.2, 0.25) is 0 Å². The minimum absolute atomic E-state index is 0.364. The van der Waals surface area contributed by atoms with Gasteiger partial charge in [-0.2, -0.15) is 0 Å². The Morgan fingerprint density at radius 3 is 2.33 bits per heavy atom. The van der Waals surface area contributed by atoms with E-state index in [-0.39, 0.29) is 0 Å². The van der Waals surface area contributed by atoms with E-state index in [0.29, 0.717) is 12.0 Å². The van der Waals surface area contributed by atoms with Crippen LogP contribution in [-0.4, -0.2) is 11.1 Å². The lowest BCUT2D eigenvalue weighted by molar-refractivity contribution is -0.132. The van der Waals surface area contributed by atoms with Crippen LogP contribution in [0.3, 0.4) is 0 Å². The number of aliphatic carboxylic acids is 1. The lowest BCUT2D eigenvalue weighted by Crippen LogP contribution is -2.02. The highest BCUT2D eigenvalue weighted by Gasteiger charge is 2.12. The first-order chi connectivity index (χ1) is 7.20. The van der Waals surface area contributed by atoms with Crippen molar-refractivity contribution in [2.24, 2.45) is 5.92 Å². The van der Waals surface area contributed by atoms with Crippen molar-refractivity contribution in [1.29, 1.82) is 0 Å². The molecule has 0 aromatic carbocycles. The van der Waals surface area contributed by atoms with Crippen LogP contribution in [0, 0.1) is 5.92 Å². The van der Waals surface area contributed by atoms with Gasteiger partial charge in [0.25, 0.3) is 0 Å². The van der Waals surface area contributed by atoms with E-state index in [9.17, 15) is 4.79 Å². The molecule has 1 fully saturated rings. The Balaban J connectivity index is 2.13. The average molecular weight is 210 g/mol. The van der Waals surface area contributed by atoms with Crippen molar-refractivity contribution < 1.29 is 9.90 Å². The highest BCUT2D eigenvalue weighted by molar-refractivity contribution is 5.85. The second-order valence-electron chi connectivity index (χ2n) is 4.66. The van der Waals surface area contributed by atoms with Gasteiger partial charge in [-0.05, 0) is 18.8 Å². The maximum atomic E-state index is 10.5. The smallest absolute Gasteiger partial charge is 0.330 e. The van der Waals surface area contributed by atoms with Crippen LogP contribution in [0.4, 0.5) is 0 Å². The number of hydrogen-bond donors (Lipinski definition) is 1. The first-order valence-corrected chi connectivity index (χ1v) is 6.11. The summed E-state index contributed by atoms with van der Waals surface area (Å²) in [6.07, 6.45) is 11.0. The van der Waals surface area contributed by atoms with Crippen LogP contribution in [0.5, 0.6) is 0 Å². The molecule has 15 heavy (non-hydrogen) atoms. The Morgan fingerprint density at radius 2 is 1.80 bits per heavy atom. The van der Waals surface area contributed by atoms with E-state index in [2.05, 4.69) is 6.58 Å². The molecule has 0 radical (unpaired) electrons. The number of carboxylic acids is 1. The molecule has 1 aliphatic carbocycles. The fourth-order valence-corrected chi connectivity index (χ4v) is 2.36. The van der Waals surface area contributed by atoms with Gasteiger partial charge in [-0.3, -0.25) is 0 Å². The number of carboxylic acid groups (broad SMARTS) is 1. The van der Waals surface area contributed by atoms with E-state index in [1.54, 1.807) is 0 Å². The van der Waals surface area contributed by atoms with Crippen LogP contribution in [0.2, 0.25) is 0 Å². The molecule has 0 saturated heterocycles. The van der Waals surface area contributed by atoms with E-state index in [4.69, 9.17) is 5.11 Å². The average Bonchev–Trinajstić information content (AvgIpc) is 2.46. The molecule has 0 heterocycles. The topological polar surface area (TPSA) is 37.3 Å². The normalized spacial score (nSPS) is 18.4. The van der Waals surface area contributed by atoms with Gasteiger partial charge in [-0.15, -0.1) is 0 Å². The lowest BCUT2D eigenvalue weighted by Gasteiger charge is -2.13. The first-order valence-electron chi connectivity index (χ1n) is 6.11. The molecule has 0 aromatic rings. The largest absolute Gasteiger partial charge is 0.478 e. The molecule has 0 bridgehead atoms. The van der Waals surface area contributed by atoms with E-state index in [1.165, 1.54) is 44.9 Å². The van der Waals surface area contributed by atoms with Crippen molar-refractivity contribution >= 4 is 5.97 Å². The summed E-state index contributed by atoms with van der Waals surface area (Å²) in [4.78, 5) is 10.5. The molecule has 1 aliphatic rings. The van der Waals surface area contributed by atoms with Crippen molar-refractivity contribution in [3.63, 3.8) is 0 Å². The second kappa shape index (κ2) is 6.65. The van der Waals surface area contributed by atoms with Gasteiger partial charge >= 0.3 is 5.97 Å². The highest BCUT2D eigenvalue weighted by atomic mass is 16.4. The number of hydrogen-bond acceptors (Lipinski definition) is 1. The summed E-state index contributed by atoms with van der Waals surface area (Å²) in [6.45, 7) is 3.56. The van der Waals surface area contributed by atoms with Crippen molar-refractivity contribution in [2.45, 2.75) is 57.8 Å². The van der Waals surface area contributed by atoms with Crippen LogP contribution >= 0.6 is 0 Å². The monoisotopic (exact) mass is 210 g/mol. The van der Waals surface area contributed by atoms with Gasteiger partial charge in [0.15, 0.2) is 0 Å². The van der Waals surface area contributed by atoms with Crippen molar-refractivity contribution in [3.8, 4) is 0 Å². The molecule has 1 N–H and O–H groups in total. The van der Waals surface area contributed by atoms with E-state index in [1.807, 2.05) is 0 Å². The predicted octanol–water partition coefficient (Wildman–Crippen LogP) is 3.77. The highest BCUT2D eigenvalue weighted by Crippen LogP contribution is 2.27. The molecule has 2 heteroatoms. The second-order valence-corrected chi connectivity index (χ2v) is 4.66.